The predicted molar refractivity (Wildman–Crippen MR) is 101 cm³/mol. The fraction of sp³-hybridized carbons (Fsp3) is 0.300. The third kappa shape index (κ3) is 4.03. The molecule has 0 bridgehead atoms. The molecule has 3 rings (SSSR count). The fourth-order valence-corrected chi connectivity index (χ4v) is 3.12. The van der Waals surface area contributed by atoms with Crippen LogP contribution in [0.15, 0.2) is 54.6 Å². The van der Waals surface area contributed by atoms with E-state index in [0.717, 1.165) is 11.4 Å². The van der Waals surface area contributed by atoms with Gasteiger partial charge in [-0.15, -0.1) is 0 Å². The van der Waals surface area contributed by atoms with Gasteiger partial charge < -0.3 is 20.2 Å². The van der Waals surface area contributed by atoms with Crippen LogP contribution in [0.1, 0.15) is 12.8 Å². The number of benzene rings is 2. The highest BCUT2D eigenvalue weighted by molar-refractivity contribution is 6.39. The summed E-state index contributed by atoms with van der Waals surface area (Å²) in [6, 6.07) is 17.1. The van der Waals surface area contributed by atoms with E-state index in [1.165, 1.54) is 4.90 Å². The first-order valence-corrected chi connectivity index (χ1v) is 8.72. The maximum absolute atomic E-state index is 12.4. The van der Waals surface area contributed by atoms with Gasteiger partial charge in [0.25, 0.3) is 0 Å². The van der Waals surface area contributed by atoms with Gasteiger partial charge in [0.05, 0.1) is 17.5 Å². The molecule has 0 saturated carbocycles. The average molecular weight is 353 g/mol. The van der Waals surface area contributed by atoms with Gasteiger partial charge in [-0.25, -0.2) is 0 Å². The first-order chi connectivity index (χ1) is 12.6. The van der Waals surface area contributed by atoms with Crippen LogP contribution >= 0.6 is 0 Å². The third-order valence-electron chi connectivity index (χ3n) is 4.54. The number of carbonyl (C=O) groups excluding carboxylic acids is 2. The summed E-state index contributed by atoms with van der Waals surface area (Å²) in [6.45, 7) is 0.701. The molecule has 2 N–H and O–H groups in total. The number of nitrogens with one attached hydrogen (secondary N) is 1. The molecule has 1 heterocycles. The van der Waals surface area contributed by atoms with E-state index in [1.54, 1.807) is 6.07 Å². The molecule has 26 heavy (non-hydrogen) atoms. The Labute approximate surface area is 153 Å². The fourth-order valence-electron chi connectivity index (χ4n) is 3.12. The van der Waals surface area contributed by atoms with Gasteiger partial charge in [0.2, 0.25) is 0 Å². The second kappa shape index (κ2) is 8.01. The molecule has 0 aromatic heterocycles. The Morgan fingerprint density at radius 2 is 1.81 bits per heavy atom. The van der Waals surface area contributed by atoms with E-state index in [9.17, 15) is 14.7 Å². The highest BCUT2D eigenvalue weighted by Crippen LogP contribution is 2.30. The Morgan fingerprint density at radius 1 is 1.12 bits per heavy atom. The van der Waals surface area contributed by atoms with Crippen molar-refractivity contribution in [3.05, 3.63) is 54.6 Å². The lowest BCUT2D eigenvalue weighted by atomic mass is 10.1. The van der Waals surface area contributed by atoms with Crippen molar-refractivity contribution in [2.75, 3.05) is 30.4 Å². The molecule has 6 heteroatoms. The van der Waals surface area contributed by atoms with E-state index in [-0.39, 0.29) is 6.54 Å². The number of rotatable bonds is 3. The van der Waals surface area contributed by atoms with Crippen LogP contribution in [0, 0.1) is 0 Å². The number of hydrogen-bond donors (Lipinski definition) is 2. The monoisotopic (exact) mass is 353 g/mol. The van der Waals surface area contributed by atoms with Gasteiger partial charge in [0.1, 0.15) is 0 Å². The highest BCUT2D eigenvalue weighted by Gasteiger charge is 2.27. The van der Waals surface area contributed by atoms with Gasteiger partial charge in [0.15, 0.2) is 0 Å². The Bertz CT molecular complexity index is 779. The minimum Gasteiger partial charge on any atom is -0.391 e. The van der Waals surface area contributed by atoms with Crippen LogP contribution in [0.3, 0.4) is 0 Å². The zero-order valence-corrected chi connectivity index (χ0v) is 14.8. The number of β-amino-alcohol motifs (C(OH)–C–C–N with tert-alkyl or cyclic N) is 1. The lowest BCUT2D eigenvalue weighted by Crippen LogP contribution is -2.46. The number of para-hydroxylation sites is 3. The van der Waals surface area contributed by atoms with Gasteiger partial charge in [-0.05, 0) is 37.1 Å². The molecular formula is C20H23N3O3. The zero-order chi connectivity index (χ0) is 18.5. The zero-order valence-electron chi connectivity index (χ0n) is 14.8. The molecule has 2 aromatic carbocycles. The van der Waals surface area contributed by atoms with Crippen LogP contribution in [-0.2, 0) is 9.59 Å². The average Bonchev–Trinajstić information content (AvgIpc) is 2.68. The minimum atomic E-state index is -0.687. The molecule has 1 aliphatic rings. The van der Waals surface area contributed by atoms with Crippen molar-refractivity contribution in [1.82, 2.24) is 4.90 Å². The van der Waals surface area contributed by atoms with Gasteiger partial charge in [0, 0.05) is 25.8 Å². The van der Waals surface area contributed by atoms with Crippen molar-refractivity contribution in [1.29, 1.82) is 0 Å². The van der Waals surface area contributed by atoms with E-state index in [0.29, 0.717) is 25.1 Å². The smallest absolute Gasteiger partial charge is 0.313 e. The molecule has 1 aliphatic heterocycles. The quantitative estimate of drug-likeness (QED) is 0.831. The molecule has 0 aliphatic carbocycles. The van der Waals surface area contributed by atoms with Gasteiger partial charge >= 0.3 is 11.8 Å². The predicted octanol–water partition coefficient (Wildman–Crippen LogP) is 2.38. The molecule has 2 amide bonds. The molecule has 0 spiro atoms. The molecule has 1 unspecified atom stereocenters. The van der Waals surface area contributed by atoms with Crippen molar-refractivity contribution in [3.8, 4) is 0 Å². The summed E-state index contributed by atoms with van der Waals surface area (Å²) >= 11 is 0. The number of piperidine rings is 1. The molecule has 136 valence electrons. The van der Waals surface area contributed by atoms with Crippen molar-refractivity contribution in [2.24, 2.45) is 0 Å². The Balaban J connectivity index is 1.76. The number of aliphatic hydroxyl groups is 1. The topological polar surface area (TPSA) is 72.9 Å². The van der Waals surface area contributed by atoms with Crippen LogP contribution in [-0.4, -0.2) is 48.1 Å². The summed E-state index contributed by atoms with van der Waals surface area (Å²) in [6.07, 6.45) is 0.806. The van der Waals surface area contributed by atoms with E-state index < -0.39 is 17.9 Å². The van der Waals surface area contributed by atoms with Crippen LogP contribution in [0.2, 0.25) is 0 Å². The largest absolute Gasteiger partial charge is 0.391 e. The first kappa shape index (κ1) is 17.9. The van der Waals surface area contributed by atoms with Gasteiger partial charge in [-0.3, -0.25) is 9.59 Å². The summed E-state index contributed by atoms with van der Waals surface area (Å²) < 4.78 is 0. The maximum atomic E-state index is 12.4. The van der Waals surface area contributed by atoms with Crippen LogP contribution in [0.5, 0.6) is 0 Å². The second-order valence-corrected chi connectivity index (χ2v) is 6.41. The summed E-state index contributed by atoms with van der Waals surface area (Å²) in [4.78, 5) is 28.2. The van der Waals surface area contributed by atoms with Crippen LogP contribution in [0.25, 0.3) is 0 Å². The second-order valence-electron chi connectivity index (χ2n) is 6.41. The summed E-state index contributed by atoms with van der Waals surface area (Å²) in [5, 5.41) is 12.4. The van der Waals surface area contributed by atoms with E-state index >= 15 is 0 Å². The third-order valence-corrected chi connectivity index (χ3v) is 4.54. The number of anilines is 3. The Kier molecular flexibility index (Phi) is 5.53. The molecule has 2 aromatic rings. The maximum Gasteiger partial charge on any atom is 0.313 e. The van der Waals surface area contributed by atoms with Crippen molar-refractivity contribution in [2.45, 2.75) is 18.9 Å². The number of amides is 2. The van der Waals surface area contributed by atoms with Gasteiger partial charge in [-0.2, -0.15) is 0 Å². The number of hydrogen-bond acceptors (Lipinski definition) is 4. The summed E-state index contributed by atoms with van der Waals surface area (Å²) in [7, 11) is 1.91. The SMILES string of the molecule is CN(c1ccccc1)c1ccccc1NC(=O)C(=O)N1CCCC(O)C1. The van der Waals surface area contributed by atoms with Crippen LogP contribution < -0.4 is 10.2 Å². The first-order valence-electron chi connectivity index (χ1n) is 8.72. The van der Waals surface area contributed by atoms with Gasteiger partial charge in [-0.1, -0.05) is 30.3 Å². The number of nitrogens with zero attached hydrogens (tertiary/aromatic N) is 2. The van der Waals surface area contributed by atoms with E-state index in [1.807, 2.05) is 60.5 Å². The lowest BCUT2D eigenvalue weighted by molar-refractivity contribution is -0.145. The normalized spacial score (nSPS) is 16.8. The van der Waals surface area contributed by atoms with E-state index in [4.69, 9.17) is 0 Å². The molecular weight excluding hydrogens is 330 g/mol. The Hall–Kier alpha value is -2.86. The van der Waals surface area contributed by atoms with Crippen molar-refractivity contribution >= 4 is 28.9 Å². The number of aliphatic hydroxyl groups excluding tert-OH is 1. The molecule has 1 atom stereocenters. The highest BCUT2D eigenvalue weighted by atomic mass is 16.3. The number of likely N-dealkylation sites (tertiary alicyclic amines) is 1. The molecule has 0 radical (unpaired) electrons. The van der Waals surface area contributed by atoms with Crippen molar-refractivity contribution < 1.29 is 14.7 Å². The lowest BCUT2D eigenvalue weighted by Gasteiger charge is -2.29. The van der Waals surface area contributed by atoms with Crippen LogP contribution in [0.4, 0.5) is 17.1 Å². The Morgan fingerprint density at radius 3 is 2.54 bits per heavy atom. The molecule has 1 fully saturated rings. The molecule has 1 saturated heterocycles. The standard InChI is InChI=1S/C20H23N3O3/c1-22(15-8-3-2-4-9-15)18-12-6-5-11-17(18)21-19(25)20(26)23-13-7-10-16(24)14-23/h2-6,8-9,11-12,16,24H,7,10,13-14H2,1H3,(H,21,25). The summed E-state index contributed by atoms with van der Waals surface area (Å²) in [5.41, 5.74) is 2.33. The molecule has 6 nitrogen and oxygen atoms in total. The minimum absolute atomic E-state index is 0.206. The number of carbonyl (C=O) groups is 2. The van der Waals surface area contributed by atoms with E-state index in [2.05, 4.69) is 5.32 Å². The summed E-state index contributed by atoms with van der Waals surface area (Å²) in [5.74, 6) is -1.30. The van der Waals surface area contributed by atoms with Crippen molar-refractivity contribution in [3.63, 3.8) is 0 Å².